The Morgan fingerprint density at radius 1 is 1.20 bits per heavy atom. The average Bonchev–Trinajstić information content (AvgIpc) is 2.89. The molecule has 2 aromatic heterocycles. The van der Waals surface area contributed by atoms with Crippen LogP contribution in [0.5, 0.6) is 0 Å². The van der Waals surface area contributed by atoms with Crippen molar-refractivity contribution in [2.75, 3.05) is 0 Å². The monoisotopic (exact) mass is 351 g/mol. The molecular formula is C20H21N3OS. The molecule has 2 heterocycles. The van der Waals surface area contributed by atoms with Gasteiger partial charge in [-0.25, -0.2) is 4.98 Å². The number of nitrogens with zero attached hydrogens (tertiary/aromatic N) is 3. The van der Waals surface area contributed by atoms with Crippen LogP contribution in [0.1, 0.15) is 34.7 Å². The number of rotatable bonds is 4. The maximum absolute atomic E-state index is 13.1. The minimum Gasteiger partial charge on any atom is -0.296 e. The average molecular weight is 351 g/mol. The molecule has 5 heteroatoms. The van der Waals surface area contributed by atoms with E-state index in [1.807, 2.05) is 13.8 Å². The van der Waals surface area contributed by atoms with Gasteiger partial charge in [0.2, 0.25) is 0 Å². The molecule has 0 bridgehead atoms. The summed E-state index contributed by atoms with van der Waals surface area (Å²) in [6.07, 6.45) is 1.10. The van der Waals surface area contributed by atoms with E-state index in [0.29, 0.717) is 30.6 Å². The summed E-state index contributed by atoms with van der Waals surface area (Å²) in [6, 6.07) is 8.45. The molecule has 0 aliphatic heterocycles. The van der Waals surface area contributed by atoms with Gasteiger partial charge in [-0.2, -0.15) is 5.26 Å². The molecule has 25 heavy (non-hydrogen) atoms. The predicted octanol–water partition coefficient (Wildman–Crippen LogP) is 4.66. The Balaban J connectivity index is 2.24. The lowest BCUT2D eigenvalue weighted by atomic mass is 9.99. The van der Waals surface area contributed by atoms with Crippen LogP contribution in [0.3, 0.4) is 0 Å². The molecule has 0 N–H and O–H groups in total. The molecule has 0 saturated heterocycles. The van der Waals surface area contributed by atoms with E-state index >= 15 is 0 Å². The van der Waals surface area contributed by atoms with Crippen LogP contribution in [0.25, 0.3) is 21.3 Å². The van der Waals surface area contributed by atoms with E-state index in [9.17, 15) is 4.79 Å². The van der Waals surface area contributed by atoms with Gasteiger partial charge in [0.05, 0.1) is 11.5 Å². The number of hydrogen-bond donors (Lipinski definition) is 0. The van der Waals surface area contributed by atoms with Gasteiger partial charge < -0.3 is 0 Å². The molecule has 128 valence electrons. The second-order valence-corrected chi connectivity index (χ2v) is 7.59. The largest absolute Gasteiger partial charge is 0.296 e. The van der Waals surface area contributed by atoms with Crippen molar-refractivity contribution >= 4 is 21.6 Å². The molecule has 3 aromatic rings. The Labute approximate surface area is 151 Å². The zero-order valence-electron chi connectivity index (χ0n) is 15.0. The van der Waals surface area contributed by atoms with E-state index in [-0.39, 0.29) is 5.56 Å². The highest BCUT2D eigenvalue weighted by molar-refractivity contribution is 7.19. The summed E-state index contributed by atoms with van der Waals surface area (Å²) < 4.78 is 1.70. The summed E-state index contributed by atoms with van der Waals surface area (Å²) in [4.78, 5) is 19.7. The van der Waals surface area contributed by atoms with Crippen molar-refractivity contribution in [3.63, 3.8) is 0 Å². The summed E-state index contributed by atoms with van der Waals surface area (Å²) in [5, 5.41) is 9.45. The van der Waals surface area contributed by atoms with E-state index in [4.69, 9.17) is 5.26 Å². The van der Waals surface area contributed by atoms with Gasteiger partial charge in [-0.05, 0) is 50.8 Å². The molecule has 0 fully saturated rings. The number of benzene rings is 1. The fourth-order valence-electron chi connectivity index (χ4n) is 3.12. The molecule has 0 saturated carbocycles. The normalized spacial score (nSPS) is 11.0. The third-order valence-corrected chi connectivity index (χ3v) is 5.64. The summed E-state index contributed by atoms with van der Waals surface area (Å²) >= 11 is 1.57. The molecule has 3 rings (SSSR count). The van der Waals surface area contributed by atoms with E-state index in [1.54, 1.807) is 15.9 Å². The SMILES string of the molecule is Cc1ccc(-c2c(C)sc3nc(C)n(CCCC#N)c(=O)c23)cc1C. The lowest BCUT2D eigenvalue weighted by Gasteiger charge is -2.10. The molecule has 4 nitrogen and oxygen atoms in total. The lowest BCUT2D eigenvalue weighted by Crippen LogP contribution is -2.23. The second kappa shape index (κ2) is 6.81. The highest BCUT2D eigenvalue weighted by Gasteiger charge is 2.18. The van der Waals surface area contributed by atoms with Gasteiger partial charge in [0.1, 0.15) is 10.7 Å². The first-order valence-corrected chi connectivity index (χ1v) is 9.20. The number of aryl methyl sites for hydroxylation is 4. The van der Waals surface area contributed by atoms with Gasteiger partial charge in [-0.3, -0.25) is 9.36 Å². The lowest BCUT2D eigenvalue weighted by molar-refractivity contribution is 0.607. The first-order chi connectivity index (χ1) is 11.9. The van der Waals surface area contributed by atoms with Crippen molar-refractivity contribution in [3.8, 4) is 17.2 Å². The summed E-state index contributed by atoms with van der Waals surface area (Å²) in [5.41, 5.74) is 4.51. The third kappa shape index (κ3) is 3.10. The fourth-order valence-corrected chi connectivity index (χ4v) is 4.20. The van der Waals surface area contributed by atoms with Gasteiger partial charge in [0, 0.05) is 23.4 Å². The Hall–Kier alpha value is -2.45. The molecule has 0 radical (unpaired) electrons. The van der Waals surface area contributed by atoms with E-state index < -0.39 is 0 Å². The molecule has 1 aromatic carbocycles. The maximum atomic E-state index is 13.1. The van der Waals surface area contributed by atoms with Gasteiger partial charge in [-0.15, -0.1) is 11.3 Å². The van der Waals surface area contributed by atoms with Crippen LogP contribution in [0.4, 0.5) is 0 Å². The second-order valence-electron chi connectivity index (χ2n) is 6.39. The fraction of sp³-hybridized carbons (Fsp3) is 0.350. The molecule has 0 amide bonds. The number of fused-ring (bicyclic) bond motifs is 1. The van der Waals surface area contributed by atoms with Crippen LogP contribution < -0.4 is 5.56 Å². The molecule has 0 aliphatic carbocycles. The van der Waals surface area contributed by atoms with Crippen LogP contribution in [0.2, 0.25) is 0 Å². The number of hydrogen-bond acceptors (Lipinski definition) is 4. The van der Waals surface area contributed by atoms with E-state index in [0.717, 1.165) is 20.8 Å². The van der Waals surface area contributed by atoms with Crippen LogP contribution in [-0.2, 0) is 6.54 Å². The molecule has 0 aliphatic rings. The highest BCUT2D eigenvalue weighted by atomic mass is 32.1. The van der Waals surface area contributed by atoms with Crippen LogP contribution in [0, 0.1) is 39.0 Å². The molecule has 0 spiro atoms. The van der Waals surface area contributed by atoms with Crippen molar-refractivity contribution in [1.82, 2.24) is 9.55 Å². The maximum Gasteiger partial charge on any atom is 0.262 e. The smallest absolute Gasteiger partial charge is 0.262 e. The summed E-state index contributed by atoms with van der Waals surface area (Å²) in [7, 11) is 0. The first-order valence-electron chi connectivity index (χ1n) is 8.39. The number of nitriles is 1. The van der Waals surface area contributed by atoms with Crippen molar-refractivity contribution in [2.45, 2.75) is 47.1 Å². The molecule has 0 unspecified atom stereocenters. The number of unbranched alkanes of at least 4 members (excludes halogenated alkanes) is 1. The Morgan fingerprint density at radius 3 is 2.64 bits per heavy atom. The first kappa shape index (κ1) is 17.4. The van der Waals surface area contributed by atoms with Crippen LogP contribution >= 0.6 is 11.3 Å². The third-order valence-electron chi connectivity index (χ3n) is 4.64. The van der Waals surface area contributed by atoms with Crippen molar-refractivity contribution in [3.05, 3.63) is 50.4 Å². The van der Waals surface area contributed by atoms with Gasteiger partial charge in [0.25, 0.3) is 5.56 Å². The van der Waals surface area contributed by atoms with Gasteiger partial charge >= 0.3 is 0 Å². The van der Waals surface area contributed by atoms with Crippen molar-refractivity contribution in [1.29, 1.82) is 5.26 Å². The highest BCUT2D eigenvalue weighted by Crippen LogP contribution is 2.36. The molecule has 0 atom stereocenters. The predicted molar refractivity (Wildman–Crippen MR) is 103 cm³/mol. The van der Waals surface area contributed by atoms with E-state index in [1.165, 1.54) is 11.1 Å². The standard InChI is InChI=1S/C20H21N3OS/c1-12-7-8-16(11-13(12)2)17-14(3)25-19-18(17)20(24)23(15(4)22-19)10-6-5-9-21/h7-8,11H,5-6,10H2,1-4H3. The van der Waals surface area contributed by atoms with Crippen LogP contribution in [-0.4, -0.2) is 9.55 Å². The van der Waals surface area contributed by atoms with Gasteiger partial charge in [-0.1, -0.05) is 18.2 Å². The van der Waals surface area contributed by atoms with Crippen molar-refractivity contribution in [2.24, 2.45) is 0 Å². The summed E-state index contributed by atoms with van der Waals surface area (Å²) in [6.45, 7) is 8.61. The van der Waals surface area contributed by atoms with Crippen molar-refractivity contribution < 1.29 is 0 Å². The Kier molecular flexibility index (Phi) is 4.73. The minimum absolute atomic E-state index is 0.00184. The summed E-state index contributed by atoms with van der Waals surface area (Å²) in [5.74, 6) is 0.711. The van der Waals surface area contributed by atoms with Crippen LogP contribution in [0.15, 0.2) is 23.0 Å². The minimum atomic E-state index is -0.00184. The number of aromatic nitrogens is 2. The zero-order valence-corrected chi connectivity index (χ0v) is 15.8. The Morgan fingerprint density at radius 2 is 1.96 bits per heavy atom. The van der Waals surface area contributed by atoms with E-state index in [2.05, 4.69) is 43.1 Å². The quantitative estimate of drug-likeness (QED) is 0.642. The zero-order chi connectivity index (χ0) is 18.1. The van der Waals surface area contributed by atoms with Gasteiger partial charge in [0.15, 0.2) is 0 Å². The number of thiophene rings is 1. The topological polar surface area (TPSA) is 58.7 Å². The Bertz CT molecular complexity index is 1050. The molecular weight excluding hydrogens is 330 g/mol.